The fourth-order valence-electron chi connectivity index (χ4n) is 3.15. The lowest BCUT2D eigenvalue weighted by Gasteiger charge is -2.19. The third-order valence-electron chi connectivity index (χ3n) is 4.55. The van der Waals surface area contributed by atoms with Gasteiger partial charge >= 0.3 is 0 Å². The zero-order chi connectivity index (χ0) is 20.9. The van der Waals surface area contributed by atoms with Crippen LogP contribution in [0.3, 0.4) is 0 Å². The van der Waals surface area contributed by atoms with E-state index in [1.807, 2.05) is 48.5 Å². The molecule has 2 aromatic heterocycles. The summed E-state index contributed by atoms with van der Waals surface area (Å²) in [5.74, 6) is 0.109. The van der Waals surface area contributed by atoms with Gasteiger partial charge in [0, 0.05) is 6.20 Å². The monoisotopic (exact) mass is 456 g/mol. The van der Waals surface area contributed by atoms with Crippen LogP contribution in [0.1, 0.15) is 17.2 Å². The van der Waals surface area contributed by atoms with E-state index in [0.29, 0.717) is 27.3 Å². The molecule has 2 aromatic carbocycles. The smallest absolute Gasteiger partial charge is 0.230 e. The van der Waals surface area contributed by atoms with Crippen LogP contribution < -0.4 is 5.32 Å². The summed E-state index contributed by atoms with van der Waals surface area (Å²) in [6, 6.07) is 21.6. The Morgan fingerprint density at radius 3 is 2.47 bits per heavy atom. The van der Waals surface area contributed by atoms with Crippen LogP contribution in [0.4, 0.5) is 0 Å². The molecule has 1 N–H and O–H groups in total. The number of pyridine rings is 1. The number of hydrogen-bond donors (Lipinski definition) is 1. The lowest BCUT2D eigenvalue weighted by atomic mass is 9.99. The number of hydrogen-bond acceptors (Lipinski definition) is 4. The van der Waals surface area contributed by atoms with Crippen LogP contribution in [-0.4, -0.2) is 26.3 Å². The molecule has 0 saturated heterocycles. The maximum absolute atomic E-state index is 12.7. The summed E-state index contributed by atoms with van der Waals surface area (Å²) in [4.78, 5) is 12.7. The summed E-state index contributed by atoms with van der Waals surface area (Å²) in [5.41, 5.74) is 2.73. The summed E-state index contributed by atoms with van der Waals surface area (Å²) in [7, 11) is 0. The van der Waals surface area contributed by atoms with Crippen molar-refractivity contribution in [1.29, 1.82) is 0 Å². The van der Waals surface area contributed by atoms with Crippen LogP contribution in [0.15, 0.2) is 78.1 Å². The van der Waals surface area contributed by atoms with Crippen molar-refractivity contribution >= 4 is 46.5 Å². The fourth-order valence-corrected chi connectivity index (χ4v) is 4.38. The number of nitrogens with zero attached hydrogens (tertiary/aromatic N) is 3. The summed E-state index contributed by atoms with van der Waals surface area (Å²) < 4.78 is 1.70. The molecular formula is C22H18Cl2N4OS. The van der Waals surface area contributed by atoms with Gasteiger partial charge in [-0.15, -0.1) is 10.2 Å². The molecule has 152 valence electrons. The van der Waals surface area contributed by atoms with E-state index in [0.717, 1.165) is 11.1 Å². The van der Waals surface area contributed by atoms with E-state index in [-0.39, 0.29) is 17.7 Å². The van der Waals surface area contributed by atoms with Crippen LogP contribution in [0.2, 0.25) is 10.0 Å². The SMILES string of the molecule is O=C(CSc1nnc2c(Cl)cc(Cl)cn12)NC(Cc1ccccc1)c1ccccc1. The van der Waals surface area contributed by atoms with Crippen LogP contribution in [-0.2, 0) is 11.2 Å². The van der Waals surface area contributed by atoms with Crippen LogP contribution in [0.25, 0.3) is 5.65 Å². The number of carbonyl (C=O) groups is 1. The van der Waals surface area contributed by atoms with Crippen molar-refractivity contribution in [2.75, 3.05) is 5.75 Å². The Bertz CT molecular complexity index is 1150. The van der Waals surface area contributed by atoms with Crippen LogP contribution >= 0.6 is 35.0 Å². The van der Waals surface area contributed by atoms with E-state index in [4.69, 9.17) is 23.2 Å². The molecular weight excluding hydrogens is 439 g/mol. The Kier molecular flexibility index (Phi) is 6.57. The first-order valence-corrected chi connectivity index (χ1v) is 11.0. The topological polar surface area (TPSA) is 59.3 Å². The van der Waals surface area contributed by atoms with Crippen molar-refractivity contribution < 1.29 is 4.79 Å². The number of nitrogens with one attached hydrogen (secondary N) is 1. The Morgan fingerprint density at radius 1 is 1.03 bits per heavy atom. The third kappa shape index (κ3) is 4.95. The number of aromatic nitrogens is 3. The zero-order valence-corrected chi connectivity index (χ0v) is 18.2. The average Bonchev–Trinajstić information content (AvgIpc) is 3.16. The van der Waals surface area contributed by atoms with Crippen molar-refractivity contribution in [2.45, 2.75) is 17.6 Å². The van der Waals surface area contributed by atoms with Gasteiger partial charge in [-0.05, 0) is 23.6 Å². The number of rotatable bonds is 7. The predicted octanol–water partition coefficient (Wildman–Crippen LogP) is 5.23. The molecule has 1 atom stereocenters. The van der Waals surface area contributed by atoms with Gasteiger partial charge < -0.3 is 5.32 Å². The molecule has 0 aliphatic carbocycles. The molecule has 0 radical (unpaired) electrons. The largest absolute Gasteiger partial charge is 0.348 e. The highest BCUT2D eigenvalue weighted by Crippen LogP contribution is 2.25. The van der Waals surface area contributed by atoms with Gasteiger partial charge in [0.1, 0.15) is 0 Å². The number of fused-ring (bicyclic) bond motifs is 1. The van der Waals surface area contributed by atoms with Gasteiger partial charge in [0.05, 0.1) is 21.8 Å². The predicted molar refractivity (Wildman–Crippen MR) is 121 cm³/mol. The van der Waals surface area contributed by atoms with E-state index in [1.165, 1.54) is 11.8 Å². The second-order valence-corrected chi connectivity index (χ2v) is 8.48. The van der Waals surface area contributed by atoms with Gasteiger partial charge in [-0.2, -0.15) is 0 Å². The van der Waals surface area contributed by atoms with Crippen molar-refractivity contribution in [2.24, 2.45) is 0 Å². The lowest BCUT2D eigenvalue weighted by Crippen LogP contribution is -2.31. The molecule has 1 unspecified atom stereocenters. The van der Waals surface area contributed by atoms with Gasteiger partial charge in [-0.25, -0.2) is 0 Å². The first-order valence-electron chi connectivity index (χ1n) is 9.31. The van der Waals surface area contributed by atoms with Gasteiger partial charge in [0.2, 0.25) is 5.91 Å². The Hall–Kier alpha value is -2.54. The van der Waals surface area contributed by atoms with Crippen molar-refractivity contribution in [3.05, 3.63) is 94.1 Å². The normalized spacial score (nSPS) is 12.1. The minimum Gasteiger partial charge on any atom is -0.348 e. The average molecular weight is 457 g/mol. The van der Waals surface area contributed by atoms with Crippen LogP contribution in [0, 0.1) is 0 Å². The van der Waals surface area contributed by atoms with E-state index < -0.39 is 0 Å². The molecule has 5 nitrogen and oxygen atoms in total. The Balaban J connectivity index is 1.46. The zero-order valence-electron chi connectivity index (χ0n) is 15.8. The van der Waals surface area contributed by atoms with Gasteiger partial charge in [0.15, 0.2) is 10.8 Å². The molecule has 0 saturated carbocycles. The molecule has 4 rings (SSSR count). The van der Waals surface area contributed by atoms with E-state index >= 15 is 0 Å². The molecule has 0 fully saturated rings. The minimum absolute atomic E-state index is 0.0883. The Morgan fingerprint density at radius 2 is 1.73 bits per heavy atom. The summed E-state index contributed by atoms with van der Waals surface area (Å²) in [6.45, 7) is 0. The van der Waals surface area contributed by atoms with Crippen molar-refractivity contribution in [3.8, 4) is 0 Å². The van der Waals surface area contributed by atoms with Crippen molar-refractivity contribution in [1.82, 2.24) is 19.9 Å². The molecule has 0 bridgehead atoms. The number of thioether (sulfide) groups is 1. The highest BCUT2D eigenvalue weighted by Gasteiger charge is 2.17. The maximum atomic E-state index is 12.7. The standard InChI is InChI=1S/C22H18Cl2N4OS/c23-17-12-18(24)21-26-27-22(28(21)13-17)30-14-20(29)25-19(16-9-5-2-6-10-16)11-15-7-3-1-4-8-15/h1-10,12-13,19H,11,14H2,(H,25,29). The number of amides is 1. The third-order valence-corrected chi connectivity index (χ3v) is 5.98. The molecule has 0 spiro atoms. The van der Waals surface area contributed by atoms with Gasteiger partial charge in [-0.1, -0.05) is 95.6 Å². The first-order chi connectivity index (χ1) is 14.6. The van der Waals surface area contributed by atoms with Crippen molar-refractivity contribution in [3.63, 3.8) is 0 Å². The fraction of sp³-hybridized carbons (Fsp3) is 0.136. The molecule has 0 aliphatic rings. The number of carbonyl (C=O) groups excluding carboxylic acids is 1. The highest BCUT2D eigenvalue weighted by atomic mass is 35.5. The summed E-state index contributed by atoms with van der Waals surface area (Å²) >= 11 is 13.5. The molecule has 30 heavy (non-hydrogen) atoms. The molecule has 1 amide bonds. The minimum atomic E-state index is -0.124. The Labute approximate surface area is 188 Å². The molecule has 8 heteroatoms. The quantitative estimate of drug-likeness (QED) is 0.386. The second-order valence-electron chi connectivity index (χ2n) is 6.69. The number of halogens is 2. The van der Waals surface area contributed by atoms with E-state index in [2.05, 4.69) is 27.6 Å². The second kappa shape index (κ2) is 9.51. The summed E-state index contributed by atoms with van der Waals surface area (Å²) in [6.07, 6.45) is 2.39. The van der Waals surface area contributed by atoms with Crippen LogP contribution in [0.5, 0.6) is 0 Å². The maximum Gasteiger partial charge on any atom is 0.230 e. The summed E-state index contributed by atoms with van der Waals surface area (Å²) in [5, 5.41) is 12.8. The highest BCUT2D eigenvalue weighted by molar-refractivity contribution is 7.99. The lowest BCUT2D eigenvalue weighted by molar-refractivity contribution is -0.119. The molecule has 0 aliphatic heterocycles. The van der Waals surface area contributed by atoms with Gasteiger partial charge in [0.25, 0.3) is 0 Å². The first kappa shape index (κ1) is 20.7. The molecule has 4 aromatic rings. The number of benzene rings is 2. The molecule has 2 heterocycles. The van der Waals surface area contributed by atoms with E-state index in [9.17, 15) is 4.79 Å². The van der Waals surface area contributed by atoms with E-state index in [1.54, 1.807) is 16.7 Å². The van der Waals surface area contributed by atoms with Gasteiger partial charge in [-0.3, -0.25) is 9.20 Å².